The molecule has 0 radical (unpaired) electrons. The Labute approximate surface area is 100 Å². The first-order valence-electron chi connectivity index (χ1n) is 4.66. The maximum atomic E-state index is 13.2. The first kappa shape index (κ1) is 13.1. The van der Waals surface area contributed by atoms with Gasteiger partial charge in [-0.2, -0.15) is 0 Å². The standard InChI is InChI=1S/C10H11BrF2N2O/c1-2-8(14)10(16)15-9-3-5(11)6(12)4-7(9)13/h3-4,8H,2,14H2,1H3,(H,15,16)/t8-/m1/s1. The van der Waals surface area contributed by atoms with Crippen LogP contribution in [0.4, 0.5) is 14.5 Å². The van der Waals surface area contributed by atoms with Crippen LogP contribution in [0.1, 0.15) is 13.3 Å². The van der Waals surface area contributed by atoms with Gasteiger partial charge in [-0.1, -0.05) is 6.92 Å². The number of rotatable bonds is 3. The molecule has 0 bridgehead atoms. The van der Waals surface area contributed by atoms with E-state index in [4.69, 9.17) is 5.73 Å². The zero-order valence-corrected chi connectivity index (χ0v) is 10.1. The summed E-state index contributed by atoms with van der Waals surface area (Å²) in [5, 5.41) is 2.29. The fraction of sp³-hybridized carbons (Fsp3) is 0.300. The van der Waals surface area contributed by atoms with Crippen molar-refractivity contribution in [2.45, 2.75) is 19.4 Å². The van der Waals surface area contributed by atoms with E-state index in [1.165, 1.54) is 0 Å². The molecule has 1 aromatic carbocycles. The summed E-state index contributed by atoms with van der Waals surface area (Å²) >= 11 is 2.90. The molecule has 0 spiro atoms. The molecular weight excluding hydrogens is 282 g/mol. The van der Waals surface area contributed by atoms with Crippen LogP contribution < -0.4 is 11.1 Å². The molecule has 0 saturated carbocycles. The second-order valence-corrected chi connectivity index (χ2v) is 4.10. The van der Waals surface area contributed by atoms with Gasteiger partial charge in [0.2, 0.25) is 5.91 Å². The Morgan fingerprint density at radius 1 is 1.50 bits per heavy atom. The molecule has 1 atom stereocenters. The lowest BCUT2D eigenvalue weighted by Gasteiger charge is -2.11. The second kappa shape index (κ2) is 5.36. The number of halogens is 3. The molecule has 0 unspecified atom stereocenters. The first-order chi connectivity index (χ1) is 7.45. The van der Waals surface area contributed by atoms with Crippen LogP contribution in [0.15, 0.2) is 16.6 Å². The molecule has 6 heteroatoms. The molecule has 1 rings (SSSR count). The summed E-state index contributed by atoms with van der Waals surface area (Å²) in [4.78, 5) is 11.4. The number of nitrogens with two attached hydrogens (primary N) is 1. The summed E-state index contributed by atoms with van der Waals surface area (Å²) in [5.74, 6) is -2.06. The summed E-state index contributed by atoms with van der Waals surface area (Å²) in [7, 11) is 0. The van der Waals surface area contributed by atoms with Gasteiger partial charge in [-0.25, -0.2) is 8.78 Å². The molecule has 0 aliphatic rings. The third-order valence-electron chi connectivity index (χ3n) is 2.04. The van der Waals surface area contributed by atoms with Crippen molar-refractivity contribution in [3.63, 3.8) is 0 Å². The predicted molar refractivity (Wildman–Crippen MR) is 61.0 cm³/mol. The van der Waals surface area contributed by atoms with Gasteiger partial charge < -0.3 is 11.1 Å². The molecule has 0 aliphatic heterocycles. The van der Waals surface area contributed by atoms with E-state index in [0.29, 0.717) is 12.5 Å². The van der Waals surface area contributed by atoms with Crippen molar-refractivity contribution in [2.24, 2.45) is 5.73 Å². The zero-order chi connectivity index (χ0) is 12.3. The number of benzene rings is 1. The molecule has 88 valence electrons. The Morgan fingerprint density at radius 3 is 2.69 bits per heavy atom. The van der Waals surface area contributed by atoms with Crippen LogP contribution in [0.2, 0.25) is 0 Å². The van der Waals surface area contributed by atoms with E-state index in [0.717, 1.165) is 6.07 Å². The molecular formula is C10H11BrF2N2O. The molecule has 0 aliphatic carbocycles. The van der Waals surface area contributed by atoms with E-state index >= 15 is 0 Å². The molecule has 0 fully saturated rings. The maximum Gasteiger partial charge on any atom is 0.241 e. The number of hydrogen-bond acceptors (Lipinski definition) is 2. The van der Waals surface area contributed by atoms with Crippen molar-refractivity contribution >= 4 is 27.5 Å². The molecule has 0 saturated heterocycles. The van der Waals surface area contributed by atoms with E-state index in [2.05, 4.69) is 21.2 Å². The zero-order valence-electron chi connectivity index (χ0n) is 8.56. The number of carbonyl (C=O) groups is 1. The van der Waals surface area contributed by atoms with Gasteiger partial charge in [0.15, 0.2) is 0 Å². The Kier molecular flexibility index (Phi) is 4.37. The van der Waals surface area contributed by atoms with Gasteiger partial charge in [0.1, 0.15) is 11.6 Å². The molecule has 0 aromatic heterocycles. The fourth-order valence-electron chi connectivity index (χ4n) is 1.03. The van der Waals surface area contributed by atoms with E-state index in [9.17, 15) is 13.6 Å². The van der Waals surface area contributed by atoms with Gasteiger partial charge in [-0.3, -0.25) is 4.79 Å². The Morgan fingerprint density at radius 2 is 2.12 bits per heavy atom. The van der Waals surface area contributed by atoms with Crippen molar-refractivity contribution in [1.29, 1.82) is 0 Å². The molecule has 3 nitrogen and oxygen atoms in total. The maximum absolute atomic E-state index is 13.2. The summed E-state index contributed by atoms with van der Waals surface area (Å²) in [6, 6.07) is 1.14. The number of nitrogens with one attached hydrogen (secondary N) is 1. The molecule has 16 heavy (non-hydrogen) atoms. The van der Waals surface area contributed by atoms with Crippen LogP contribution in [-0.2, 0) is 4.79 Å². The number of carbonyl (C=O) groups excluding carboxylic acids is 1. The van der Waals surface area contributed by atoms with Crippen LogP contribution in [0.3, 0.4) is 0 Å². The van der Waals surface area contributed by atoms with Crippen molar-refractivity contribution in [3.8, 4) is 0 Å². The molecule has 1 amide bonds. The second-order valence-electron chi connectivity index (χ2n) is 3.25. The first-order valence-corrected chi connectivity index (χ1v) is 5.46. The van der Waals surface area contributed by atoms with Gasteiger partial charge in [0.25, 0.3) is 0 Å². The lowest BCUT2D eigenvalue weighted by Crippen LogP contribution is -2.35. The van der Waals surface area contributed by atoms with Crippen molar-refractivity contribution in [3.05, 3.63) is 28.2 Å². The van der Waals surface area contributed by atoms with Crippen molar-refractivity contribution in [2.75, 3.05) is 5.32 Å². The normalized spacial score (nSPS) is 12.3. The SMILES string of the molecule is CC[C@@H](N)C(=O)Nc1cc(Br)c(F)cc1F. The van der Waals surface area contributed by atoms with Gasteiger partial charge >= 0.3 is 0 Å². The minimum Gasteiger partial charge on any atom is -0.322 e. The van der Waals surface area contributed by atoms with Gasteiger partial charge in [0.05, 0.1) is 16.2 Å². The quantitative estimate of drug-likeness (QED) is 0.841. The van der Waals surface area contributed by atoms with Crippen LogP contribution in [-0.4, -0.2) is 11.9 Å². The van der Waals surface area contributed by atoms with E-state index in [1.54, 1.807) is 6.92 Å². The Balaban J connectivity index is 2.90. The van der Waals surface area contributed by atoms with Crippen molar-refractivity contribution in [1.82, 2.24) is 0 Å². The highest BCUT2D eigenvalue weighted by Crippen LogP contribution is 2.23. The van der Waals surface area contributed by atoms with Gasteiger partial charge in [-0.05, 0) is 28.4 Å². The monoisotopic (exact) mass is 292 g/mol. The lowest BCUT2D eigenvalue weighted by molar-refractivity contribution is -0.117. The minimum atomic E-state index is -0.836. The molecule has 1 aromatic rings. The van der Waals surface area contributed by atoms with Gasteiger partial charge in [0, 0.05) is 6.07 Å². The summed E-state index contributed by atoms with van der Waals surface area (Å²) < 4.78 is 26.2. The predicted octanol–water partition coefficient (Wildman–Crippen LogP) is 2.40. The largest absolute Gasteiger partial charge is 0.322 e. The minimum absolute atomic E-state index is 0.0780. The van der Waals surface area contributed by atoms with E-state index < -0.39 is 23.6 Å². The van der Waals surface area contributed by atoms with Crippen LogP contribution in [0, 0.1) is 11.6 Å². The van der Waals surface area contributed by atoms with Crippen LogP contribution >= 0.6 is 15.9 Å². The van der Waals surface area contributed by atoms with Gasteiger partial charge in [-0.15, -0.1) is 0 Å². The van der Waals surface area contributed by atoms with E-state index in [1.807, 2.05) is 0 Å². The molecule has 3 N–H and O–H groups in total. The fourth-order valence-corrected chi connectivity index (χ4v) is 1.37. The average Bonchev–Trinajstić information content (AvgIpc) is 2.24. The highest BCUT2D eigenvalue weighted by Gasteiger charge is 2.15. The smallest absolute Gasteiger partial charge is 0.241 e. The Hall–Kier alpha value is -1.01. The molecule has 0 heterocycles. The van der Waals surface area contributed by atoms with E-state index in [-0.39, 0.29) is 10.2 Å². The number of amides is 1. The topological polar surface area (TPSA) is 55.1 Å². The van der Waals surface area contributed by atoms with Crippen LogP contribution in [0.5, 0.6) is 0 Å². The summed E-state index contributed by atoms with van der Waals surface area (Å²) in [6.45, 7) is 1.74. The lowest BCUT2D eigenvalue weighted by atomic mass is 10.2. The van der Waals surface area contributed by atoms with Crippen LogP contribution in [0.25, 0.3) is 0 Å². The average molecular weight is 293 g/mol. The third-order valence-corrected chi connectivity index (χ3v) is 2.65. The highest BCUT2D eigenvalue weighted by molar-refractivity contribution is 9.10. The number of anilines is 1. The third kappa shape index (κ3) is 2.99. The summed E-state index contributed by atoms with van der Waals surface area (Å²) in [6.07, 6.45) is 0.440. The summed E-state index contributed by atoms with van der Waals surface area (Å²) in [5.41, 5.74) is 5.37. The Bertz CT molecular complexity index is 412. The highest BCUT2D eigenvalue weighted by atomic mass is 79.9. The number of hydrogen-bond donors (Lipinski definition) is 2. The van der Waals surface area contributed by atoms with Crippen molar-refractivity contribution < 1.29 is 13.6 Å².